The molecule has 2 aromatic rings. The number of anilines is 1. The van der Waals surface area contributed by atoms with Crippen LogP contribution in [0.5, 0.6) is 0 Å². The Balaban J connectivity index is 0.00000480. The molecule has 0 aromatic heterocycles. The second-order valence-electron chi connectivity index (χ2n) is 6.17. The van der Waals surface area contributed by atoms with E-state index in [9.17, 15) is 0 Å². The van der Waals surface area contributed by atoms with E-state index in [2.05, 4.69) is 30.7 Å². The summed E-state index contributed by atoms with van der Waals surface area (Å²) in [5.74, 6) is 0.0480. The lowest BCUT2D eigenvalue weighted by molar-refractivity contribution is 1.19. The average molecular weight is 444 g/mol. The summed E-state index contributed by atoms with van der Waals surface area (Å²) in [4.78, 5) is 4.34. The molecule has 0 atom stereocenters. The van der Waals surface area contributed by atoms with E-state index in [0.29, 0.717) is 17.1 Å². The molecular formula is C19H26ClN11. The minimum Gasteiger partial charge on any atom is -0.369 e. The van der Waals surface area contributed by atoms with E-state index >= 15 is 0 Å². The molecule has 12 heteroatoms. The molecule has 0 heterocycles. The molecule has 11 N–H and O–H groups in total. The van der Waals surface area contributed by atoms with Crippen molar-refractivity contribution < 1.29 is 0 Å². The third-order valence-corrected chi connectivity index (χ3v) is 3.74. The van der Waals surface area contributed by atoms with Gasteiger partial charge in [0, 0.05) is 5.69 Å². The Labute approximate surface area is 186 Å². The smallest absolute Gasteiger partial charge is 0.211 e. The lowest BCUT2D eigenvalue weighted by Gasteiger charge is -2.07. The minimum atomic E-state index is -0.0985. The first-order chi connectivity index (χ1) is 14.2. The molecule has 0 aliphatic rings. The normalized spacial score (nSPS) is 11.9. The summed E-state index contributed by atoms with van der Waals surface area (Å²) in [5, 5.41) is 18.2. The second-order valence-corrected chi connectivity index (χ2v) is 6.17. The van der Waals surface area contributed by atoms with Crippen molar-refractivity contribution in [3.8, 4) is 0 Å². The number of hydrogen-bond acceptors (Lipinski definition) is 5. The molecule has 0 aliphatic carbocycles. The number of guanidine groups is 3. The van der Waals surface area contributed by atoms with E-state index in [-0.39, 0.29) is 30.3 Å². The molecule has 0 saturated carbocycles. The SMILES string of the molecule is C/C(=N\N=C(N)N)c1ccc(N=C(N)Nc2ccc(/C(C)=N/N=C(N)N)cc2)cc1.Cl. The van der Waals surface area contributed by atoms with Gasteiger partial charge in [0.05, 0.1) is 17.1 Å². The third-order valence-electron chi connectivity index (χ3n) is 3.74. The third kappa shape index (κ3) is 8.41. The largest absolute Gasteiger partial charge is 0.369 e. The highest BCUT2D eigenvalue weighted by atomic mass is 35.5. The number of nitrogens with zero attached hydrogens (tertiary/aromatic N) is 5. The Hall–Kier alpha value is -4.12. The lowest BCUT2D eigenvalue weighted by Crippen LogP contribution is -2.22. The summed E-state index contributed by atoms with van der Waals surface area (Å²) in [6, 6.07) is 14.7. The summed E-state index contributed by atoms with van der Waals surface area (Å²) in [6.45, 7) is 3.60. The van der Waals surface area contributed by atoms with E-state index in [4.69, 9.17) is 28.7 Å². The van der Waals surface area contributed by atoms with Gasteiger partial charge in [-0.1, -0.05) is 24.3 Å². The van der Waals surface area contributed by atoms with Crippen LogP contribution < -0.4 is 34.0 Å². The van der Waals surface area contributed by atoms with Crippen molar-refractivity contribution in [1.29, 1.82) is 0 Å². The Bertz CT molecular complexity index is 1010. The molecule has 0 saturated heterocycles. The maximum absolute atomic E-state index is 6.00. The molecule has 0 spiro atoms. The topological polar surface area (TPSA) is 204 Å². The number of halogens is 1. The number of hydrogen-bond donors (Lipinski definition) is 6. The van der Waals surface area contributed by atoms with Gasteiger partial charge < -0.3 is 34.0 Å². The van der Waals surface area contributed by atoms with Gasteiger partial charge in [-0.25, -0.2) is 4.99 Å². The lowest BCUT2D eigenvalue weighted by atomic mass is 10.1. The van der Waals surface area contributed by atoms with E-state index in [1.807, 2.05) is 48.5 Å². The summed E-state index contributed by atoms with van der Waals surface area (Å²) in [7, 11) is 0. The first-order valence-corrected chi connectivity index (χ1v) is 8.83. The number of nitrogens with one attached hydrogen (secondary N) is 1. The molecule has 0 fully saturated rings. The van der Waals surface area contributed by atoms with Crippen molar-refractivity contribution in [2.24, 2.45) is 54.1 Å². The Morgan fingerprint density at radius 3 is 1.48 bits per heavy atom. The van der Waals surface area contributed by atoms with Crippen LogP contribution in [0.1, 0.15) is 25.0 Å². The highest BCUT2D eigenvalue weighted by Gasteiger charge is 2.01. The number of rotatable bonds is 6. The summed E-state index contributed by atoms with van der Waals surface area (Å²) in [5.41, 5.74) is 31.6. The van der Waals surface area contributed by atoms with Crippen LogP contribution in [0.4, 0.5) is 11.4 Å². The quantitative estimate of drug-likeness (QED) is 0.219. The van der Waals surface area contributed by atoms with Crippen LogP contribution in [0, 0.1) is 0 Å². The van der Waals surface area contributed by atoms with E-state index in [0.717, 1.165) is 16.8 Å². The van der Waals surface area contributed by atoms with Crippen LogP contribution in [0.15, 0.2) is 73.9 Å². The molecule has 31 heavy (non-hydrogen) atoms. The molecule has 0 unspecified atom stereocenters. The molecule has 2 aromatic carbocycles. The van der Waals surface area contributed by atoms with Crippen molar-refractivity contribution in [2.75, 3.05) is 5.32 Å². The maximum Gasteiger partial charge on any atom is 0.211 e. The number of benzene rings is 2. The van der Waals surface area contributed by atoms with Crippen molar-refractivity contribution in [2.45, 2.75) is 13.8 Å². The molecule has 11 nitrogen and oxygen atoms in total. The van der Waals surface area contributed by atoms with Crippen LogP contribution in [0.2, 0.25) is 0 Å². The fraction of sp³-hybridized carbons (Fsp3) is 0.105. The molecule has 0 amide bonds. The van der Waals surface area contributed by atoms with Crippen LogP contribution in [0.25, 0.3) is 0 Å². The van der Waals surface area contributed by atoms with Crippen LogP contribution >= 0.6 is 12.4 Å². The first kappa shape index (κ1) is 24.9. The van der Waals surface area contributed by atoms with Crippen LogP contribution in [-0.2, 0) is 0 Å². The van der Waals surface area contributed by atoms with Crippen molar-refractivity contribution in [1.82, 2.24) is 0 Å². The highest BCUT2D eigenvalue weighted by molar-refractivity contribution is 6.00. The van der Waals surface area contributed by atoms with E-state index in [1.165, 1.54) is 0 Å². The molecule has 164 valence electrons. The number of aliphatic imine (C=N–C) groups is 1. The molecular weight excluding hydrogens is 418 g/mol. The Morgan fingerprint density at radius 2 is 1.06 bits per heavy atom. The van der Waals surface area contributed by atoms with E-state index < -0.39 is 0 Å². The molecule has 0 bridgehead atoms. The van der Waals surface area contributed by atoms with Crippen molar-refractivity contribution in [3.63, 3.8) is 0 Å². The van der Waals surface area contributed by atoms with Gasteiger partial charge in [0.15, 0.2) is 5.96 Å². The zero-order chi connectivity index (χ0) is 22.1. The fourth-order valence-corrected chi connectivity index (χ4v) is 2.27. The van der Waals surface area contributed by atoms with E-state index in [1.54, 1.807) is 13.8 Å². The Kier molecular flexibility index (Phi) is 9.47. The zero-order valence-corrected chi connectivity index (χ0v) is 18.0. The molecule has 0 radical (unpaired) electrons. The van der Waals surface area contributed by atoms with Gasteiger partial charge in [-0.3, -0.25) is 0 Å². The molecule has 2 rings (SSSR count). The van der Waals surface area contributed by atoms with Gasteiger partial charge in [-0.05, 0) is 49.2 Å². The van der Waals surface area contributed by atoms with Gasteiger partial charge in [-0.2, -0.15) is 10.2 Å². The Morgan fingerprint density at radius 1 is 0.645 bits per heavy atom. The van der Waals surface area contributed by atoms with Gasteiger partial charge >= 0.3 is 0 Å². The van der Waals surface area contributed by atoms with Gasteiger partial charge in [0.2, 0.25) is 11.9 Å². The zero-order valence-electron chi connectivity index (χ0n) is 17.1. The first-order valence-electron chi connectivity index (χ1n) is 8.83. The minimum absolute atomic E-state index is 0. The standard InChI is InChI=1S/C19H25N11.ClH/c1-11(27-29-17(20)21)13-3-7-15(8-4-13)25-19(24)26-16-9-5-14(6-10-16)12(2)28-30-18(22)23;/h3-10H,1-2H3,(H4,20,21,29)(H4,22,23,30)(H3,24,25,26);1H/b27-11+,28-12+;. The van der Waals surface area contributed by atoms with Crippen LogP contribution in [0.3, 0.4) is 0 Å². The predicted octanol–water partition coefficient (Wildman–Crippen LogP) is 1.16. The van der Waals surface area contributed by atoms with Crippen molar-refractivity contribution in [3.05, 3.63) is 59.7 Å². The van der Waals surface area contributed by atoms with Gasteiger partial charge in [-0.15, -0.1) is 22.6 Å². The molecule has 0 aliphatic heterocycles. The van der Waals surface area contributed by atoms with Gasteiger partial charge in [0.25, 0.3) is 0 Å². The van der Waals surface area contributed by atoms with Gasteiger partial charge in [0.1, 0.15) is 0 Å². The predicted molar refractivity (Wildman–Crippen MR) is 131 cm³/mol. The average Bonchev–Trinajstić information content (AvgIpc) is 2.71. The fourth-order valence-electron chi connectivity index (χ4n) is 2.27. The maximum atomic E-state index is 6.00. The summed E-state index contributed by atoms with van der Waals surface area (Å²) in [6.07, 6.45) is 0. The highest BCUT2D eigenvalue weighted by Crippen LogP contribution is 2.15. The summed E-state index contributed by atoms with van der Waals surface area (Å²) < 4.78 is 0. The second kappa shape index (κ2) is 11.8. The summed E-state index contributed by atoms with van der Waals surface area (Å²) >= 11 is 0. The van der Waals surface area contributed by atoms with Crippen LogP contribution in [-0.4, -0.2) is 29.3 Å². The monoisotopic (exact) mass is 443 g/mol. The number of nitrogens with two attached hydrogens (primary N) is 5. The van der Waals surface area contributed by atoms with Crippen molar-refractivity contribution >= 4 is 53.1 Å².